The SMILES string of the molecule is CC(C)COC(=O)c1ccccc1S(=O)(=O)N(C)c1ccccc1. The average Bonchev–Trinajstić information content (AvgIpc) is 2.59. The van der Waals surface area contributed by atoms with E-state index in [-0.39, 0.29) is 23.0 Å². The van der Waals surface area contributed by atoms with Crippen molar-refractivity contribution in [2.75, 3.05) is 18.0 Å². The highest BCUT2D eigenvalue weighted by molar-refractivity contribution is 7.92. The van der Waals surface area contributed by atoms with Crippen LogP contribution in [0.2, 0.25) is 0 Å². The number of hydrogen-bond donors (Lipinski definition) is 0. The number of sulfonamides is 1. The van der Waals surface area contributed by atoms with Gasteiger partial charge in [-0.25, -0.2) is 13.2 Å². The van der Waals surface area contributed by atoms with Crippen molar-refractivity contribution in [3.8, 4) is 0 Å². The van der Waals surface area contributed by atoms with E-state index in [2.05, 4.69) is 0 Å². The zero-order valence-electron chi connectivity index (χ0n) is 14.0. The Balaban J connectivity index is 2.39. The van der Waals surface area contributed by atoms with Gasteiger partial charge in [-0.2, -0.15) is 0 Å². The maximum absolute atomic E-state index is 12.9. The fourth-order valence-electron chi connectivity index (χ4n) is 2.10. The van der Waals surface area contributed by atoms with Gasteiger partial charge in [0, 0.05) is 7.05 Å². The molecule has 0 bridgehead atoms. The van der Waals surface area contributed by atoms with Crippen LogP contribution in [0, 0.1) is 5.92 Å². The van der Waals surface area contributed by atoms with Gasteiger partial charge >= 0.3 is 5.97 Å². The molecule has 0 saturated carbocycles. The molecule has 6 heteroatoms. The van der Waals surface area contributed by atoms with Crippen LogP contribution in [-0.4, -0.2) is 28.0 Å². The van der Waals surface area contributed by atoms with Gasteiger partial charge in [-0.1, -0.05) is 44.2 Å². The second-order valence-electron chi connectivity index (χ2n) is 5.80. The zero-order valence-corrected chi connectivity index (χ0v) is 14.8. The molecule has 0 atom stereocenters. The van der Waals surface area contributed by atoms with Crippen LogP contribution in [0.5, 0.6) is 0 Å². The lowest BCUT2D eigenvalue weighted by atomic mass is 10.2. The van der Waals surface area contributed by atoms with Crippen molar-refractivity contribution < 1.29 is 17.9 Å². The van der Waals surface area contributed by atoms with Crippen LogP contribution in [0.25, 0.3) is 0 Å². The minimum atomic E-state index is -3.87. The molecule has 0 fully saturated rings. The molecule has 0 aromatic heterocycles. The highest BCUT2D eigenvalue weighted by Gasteiger charge is 2.27. The van der Waals surface area contributed by atoms with Crippen LogP contribution < -0.4 is 4.31 Å². The topological polar surface area (TPSA) is 63.7 Å². The Morgan fingerprint density at radius 1 is 1.04 bits per heavy atom. The molecule has 2 aromatic carbocycles. The Morgan fingerprint density at radius 3 is 2.25 bits per heavy atom. The summed E-state index contributed by atoms with van der Waals surface area (Å²) in [5, 5.41) is 0. The summed E-state index contributed by atoms with van der Waals surface area (Å²) in [4.78, 5) is 12.2. The lowest BCUT2D eigenvalue weighted by Crippen LogP contribution is -2.28. The summed E-state index contributed by atoms with van der Waals surface area (Å²) in [5.41, 5.74) is 0.559. The van der Waals surface area contributed by atoms with E-state index in [1.807, 2.05) is 13.8 Å². The van der Waals surface area contributed by atoms with E-state index < -0.39 is 16.0 Å². The monoisotopic (exact) mass is 347 g/mol. The Hall–Kier alpha value is -2.34. The fraction of sp³-hybridized carbons (Fsp3) is 0.278. The first-order chi connectivity index (χ1) is 11.3. The van der Waals surface area contributed by atoms with Crippen molar-refractivity contribution in [3.05, 3.63) is 60.2 Å². The van der Waals surface area contributed by atoms with Gasteiger partial charge in [-0.05, 0) is 30.2 Å². The van der Waals surface area contributed by atoms with Crippen molar-refractivity contribution in [2.45, 2.75) is 18.7 Å². The molecule has 0 heterocycles. The minimum absolute atomic E-state index is 0.0425. The minimum Gasteiger partial charge on any atom is -0.462 e. The Bertz CT molecular complexity index is 801. The van der Waals surface area contributed by atoms with E-state index in [4.69, 9.17) is 4.74 Å². The Kier molecular flexibility index (Phi) is 5.62. The summed E-state index contributed by atoms with van der Waals surface area (Å²) in [6.07, 6.45) is 0. The first-order valence-electron chi connectivity index (χ1n) is 7.64. The van der Waals surface area contributed by atoms with E-state index in [1.54, 1.807) is 42.5 Å². The molecule has 0 aliphatic heterocycles. The van der Waals surface area contributed by atoms with E-state index in [0.717, 1.165) is 4.31 Å². The van der Waals surface area contributed by atoms with Gasteiger partial charge in [0.15, 0.2) is 0 Å². The number of hydrogen-bond acceptors (Lipinski definition) is 4. The highest BCUT2D eigenvalue weighted by atomic mass is 32.2. The lowest BCUT2D eigenvalue weighted by molar-refractivity contribution is 0.0454. The first-order valence-corrected chi connectivity index (χ1v) is 9.08. The van der Waals surface area contributed by atoms with Crippen molar-refractivity contribution in [3.63, 3.8) is 0 Å². The van der Waals surface area contributed by atoms with Gasteiger partial charge in [0.25, 0.3) is 10.0 Å². The molecule has 0 aliphatic rings. The van der Waals surface area contributed by atoms with Crippen LogP contribution in [0.3, 0.4) is 0 Å². The molecule has 2 aromatic rings. The summed E-state index contributed by atoms with van der Waals surface area (Å²) in [6.45, 7) is 4.07. The van der Waals surface area contributed by atoms with Crippen molar-refractivity contribution in [1.29, 1.82) is 0 Å². The van der Waals surface area contributed by atoms with Gasteiger partial charge in [0.05, 0.1) is 17.9 Å². The summed E-state index contributed by atoms with van der Waals surface area (Å²) in [6, 6.07) is 14.8. The molecule has 0 spiro atoms. The maximum Gasteiger partial charge on any atom is 0.339 e. The number of nitrogens with zero attached hydrogens (tertiary/aromatic N) is 1. The molecule has 5 nitrogen and oxygen atoms in total. The number of carbonyl (C=O) groups excluding carboxylic acids is 1. The van der Waals surface area contributed by atoms with Gasteiger partial charge in [0.1, 0.15) is 4.90 Å². The molecule has 0 saturated heterocycles. The largest absolute Gasteiger partial charge is 0.462 e. The quantitative estimate of drug-likeness (QED) is 0.752. The third kappa shape index (κ3) is 3.94. The zero-order chi connectivity index (χ0) is 17.7. The Labute approximate surface area is 142 Å². The van der Waals surface area contributed by atoms with Gasteiger partial charge in [0.2, 0.25) is 0 Å². The van der Waals surface area contributed by atoms with Crippen LogP contribution in [0.1, 0.15) is 24.2 Å². The molecule has 0 amide bonds. The number of benzene rings is 2. The summed E-state index contributed by atoms with van der Waals surface area (Å²) in [5.74, 6) is -0.464. The van der Waals surface area contributed by atoms with Crippen molar-refractivity contribution >= 4 is 21.7 Å². The van der Waals surface area contributed by atoms with E-state index in [0.29, 0.717) is 5.69 Å². The van der Waals surface area contributed by atoms with Crippen LogP contribution in [0.4, 0.5) is 5.69 Å². The van der Waals surface area contributed by atoms with E-state index >= 15 is 0 Å². The van der Waals surface area contributed by atoms with Crippen LogP contribution in [-0.2, 0) is 14.8 Å². The van der Waals surface area contributed by atoms with Crippen molar-refractivity contribution in [1.82, 2.24) is 0 Å². The average molecular weight is 347 g/mol. The molecule has 0 aliphatic carbocycles. The second-order valence-corrected chi connectivity index (χ2v) is 7.73. The van der Waals surface area contributed by atoms with Crippen LogP contribution >= 0.6 is 0 Å². The lowest BCUT2D eigenvalue weighted by Gasteiger charge is -2.21. The molecule has 2 rings (SSSR count). The number of esters is 1. The van der Waals surface area contributed by atoms with Crippen LogP contribution in [0.15, 0.2) is 59.5 Å². The second kappa shape index (κ2) is 7.49. The van der Waals surface area contributed by atoms with E-state index in [9.17, 15) is 13.2 Å². The molecular weight excluding hydrogens is 326 g/mol. The first kappa shape index (κ1) is 18.0. The molecule has 0 N–H and O–H groups in total. The molecule has 24 heavy (non-hydrogen) atoms. The third-order valence-electron chi connectivity index (χ3n) is 3.41. The number of ether oxygens (including phenoxy) is 1. The maximum atomic E-state index is 12.9. The van der Waals surface area contributed by atoms with Crippen molar-refractivity contribution in [2.24, 2.45) is 5.92 Å². The van der Waals surface area contributed by atoms with E-state index in [1.165, 1.54) is 19.2 Å². The molecule has 128 valence electrons. The number of rotatable bonds is 6. The molecular formula is C18H21NO4S. The highest BCUT2D eigenvalue weighted by Crippen LogP contribution is 2.24. The smallest absolute Gasteiger partial charge is 0.339 e. The Morgan fingerprint density at radius 2 is 1.62 bits per heavy atom. The normalized spacial score (nSPS) is 11.3. The summed E-state index contributed by atoms with van der Waals surface area (Å²) in [7, 11) is -2.41. The molecule has 0 unspecified atom stereocenters. The predicted molar refractivity (Wildman–Crippen MR) is 93.6 cm³/mol. The van der Waals surface area contributed by atoms with Gasteiger partial charge in [-0.15, -0.1) is 0 Å². The number of carbonyl (C=O) groups is 1. The summed E-state index contributed by atoms with van der Waals surface area (Å²) < 4.78 is 32.2. The number of anilines is 1. The fourth-order valence-corrected chi connectivity index (χ4v) is 3.48. The predicted octanol–water partition coefficient (Wildman–Crippen LogP) is 3.32. The van der Waals surface area contributed by atoms with Gasteiger partial charge < -0.3 is 4.74 Å². The number of para-hydroxylation sites is 1. The third-order valence-corrected chi connectivity index (χ3v) is 5.26. The molecule has 0 radical (unpaired) electrons. The van der Waals surface area contributed by atoms with Gasteiger partial charge in [-0.3, -0.25) is 4.31 Å². The standard InChI is InChI=1S/C18H21NO4S/c1-14(2)13-23-18(20)16-11-7-8-12-17(16)24(21,22)19(3)15-9-5-4-6-10-15/h4-12,14H,13H2,1-3H3. The summed E-state index contributed by atoms with van der Waals surface area (Å²) >= 11 is 0.